The third-order valence-corrected chi connectivity index (χ3v) is 4.90. The molecule has 5 N–H and O–H groups in total. The van der Waals surface area contributed by atoms with Crippen LogP contribution in [0.2, 0.25) is 0 Å². The lowest BCUT2D eigenvalue weighted by molar-refractivity contribution is -0.126. The van der Waals surface area contributed by atoms with Crippen LogP contribution in [-0.2, 0) is 9.53 Å². The molecule has 0 bridgehead atoms. The number of carbonyl (C=O) groups excluding carboxylic acids is 2. The quantitative estimate of drug-likeness (QED) is 0.717. The maximum atomic E-state index is 12.6. The van der Waals surface area contributed by atoms with Gasteiger partial charge in [-0.05, 0) is 50.3 Å². The van der Waals surface area contributed by atoms with Crippen molar-refractivity contribution in [2.75, 3.05) is 29.9 Å². The molecule has 0 aromatic heterocycles. The van der Waals surface area contributed by atoms with Crippen LogP contribution in [0.4, 0.5) is 11.4 Å². The van der Waals surface area contributed by atoms with Crippen molar-refractivity contribution in [2.24, 2.45) is 11.5 Å². The van der Waals surface area contributed by atoms with Crippen molar-refractivity contribution in [3.05, 3.63) is 23.8 Å². The van der Waals surface area contributed by atoms with E-state index in [4.69, 9.17) is 16.2 Å². The van der Waals surface area contributed by atoms with Crippen molar-refractivity contribution in [1.29, 1.82) is 0 Å². The third kappa shape index (κ3) is 4.66. The summed E-state index contributed by atoms with van der Waals surface area (Å²) in [6, 6.07) is 5.22. The molecule has 2 saturated heterocycles. The zero-order valence-corrected chi connectivity index (χ0v) is 15.6. The van der Waals surface area contributed by atoms with Crippen molar-refractivity contribution in [1.82, 2.24) is 0 Å². The van der Waals surface area contributed by atoms with Gasteiger partial charge in [-0.3, -0.25) is 9.59 Å². The van der Waals surface area contributed by atoms with Crippen LogP contribution < -0.4 is 21.7 Å². The first-order chi connectivity index (χ1) is 12.1. The summed E-state index contributed by atoms with van der Waals surface area (Å²) >= 11 is 0. The van der Waals surface area contributed by atoms with Crippen LogP contribution in [-0.4, -0.2) is 43.7 Å². The van der Waals surface area contributed by atoms with E-state index in [1.807, 2.05) is 6.07 Å². The predicted octanol–water partition coefficient (Wildman–Crippen LogP) is 1.64. The van der Waals surface area contributed by atoms with E-state index in [1.165, 1.54) is 6.42 Å². The van der Waals surface area contributed by atoms with E-state index in [1.54, 1.807) is 12.1 Å². The van der Waals surface area contributed by atoms with E-state index in [2.05, 4.69) is 10.2 Å². The molecular weight excluding hydrogens is 356 g/mol. The topological polar surface area (TPSA) is 111 Å². The Morgan fingerprint density at radius 3 is 2.54 bits per heavy atom. The number of piperidine rings is 1. The monoisotopic (exact) mass is 382 g/mol. The molecule has 2 heterocycles. The maximum Gasteiger partial charge on any atom is 0.253 e. The Bertz CT molecular complexity index is 649. The normalized spacial score (nSPS) is 22.6. The first kappa shape index (κ1) is 20.5. The minimum Gasteiger partial charge on any atom is -0.370 e. The SMILES string of the molecule is Cl.NC[C@H]1CC[C@@H](C(=O)Nc2cc(C(N)=O)ccc2N2CCCCC2)O1. The van der Waals surface area contributed by atoms with Gasteiger partial charge in [0.15, 0.2) is 0 Å². The van der Waals surface area contributed by atoms with Crippen molar-refractivity contribution in [2.45, 2.75) is 44.3 Å². The minimum absolute atomic E-state index is 0. The van der Waals surface area contributed by atoms with Gasteiger partial charge in [0.05, 0.1) is 17.5 Å². The number of halogens is 1. The fourth-order valence-electron chi connectivity index (χ4n) is 3.49. The number of primary amides is 1. The lowest BCUT2D eigenvalue weighted by Gasteiger charge is -2.31. The smallest absolute Gasteiger partial charge is 0.253 e. The van der Waals surface area contributed by atoms with Crippen molar-refractivity contribution in [3.8, 4) is 0 Å². The first-order valence-electron chi connectivity index (χ1n) is 8.93. The summed E-state index contributed by atoms with van der Waals surface area (Å²) < 4.78 is 5.67. The highest BCUT2D eigenvalue weighted by Crippen LogP contribution is 2.30. The Hall–Kier alpha value is -1.83. The van der Waals surface area contributed by atoms with E-state index in [9.17, 15) is 9.59 Å². The van der Waals surface area contributed by atoms with Gasteiger partial charge in [-0.25, -0.2) is 0 Å². The fraction of sp³-hybridized carbons (Fsp3) is 0.556. The number of ether oxygens (including phenoxy) is 1. The van der Waals surface area contributed by atoms with Crippen LogP contribution in [0, 0.1) is 0 Å². The number of nitrogens with two attached hydrogens (primary N) is 2. The molecule has 7 nitrogen and oxygen atoms in total. The lowest BCUT2D eigenvalue weighted by Crippen LogP contribution is -2.33. The van der Waals surface area contributed by atoms with Gasteiger partial charge in [0, 0.05) is 25.2 Å². The number of amides is 2. The number of benzene rings is 1. The summed E-state index contributed by atoms with van der Waals surface area (Å²) in [7, 11) is 0. The second-order valence-electron chi connectivity index (χ2n) is 6.69. The van der Waals surface area contributed by atoms with Crippen LogP contribution in [0.25, 0.3) is 0 Å². The van der Waals surface area contributed by atoms with Crippen LogP contribution >= 0.6 is 12.4 Å². The lowest BCUT2D eigenvalue weighted by atomic mass is 10.1. The average Bonchev–Trinajstić information content (AvgIpc) is 3.11. The van der Waals surface area contributed by atoms with E-state index in [0.29, 0.717) is 24.2 Å². The molecule has 2 aliphatic rings. The van der Waals surface area contributed by atoms with Crippen molar-refractivity contribution in [3.63, 3.8) is 0 Å². The molecule has 0 radical (unpaired) electrons. The molecule has 8 heteroatoms. The fourth-order valence-corrected chi connectivity index (χ4v) is 3.49. The molecule has 26 heavy (non-hydrogen) atoms. The molecule has 144 valence electrons. The Kier molecular flexibility index (Phi) is 7.25. The minimum atomic E-state index is -0.513. The van der Waals surface area contributed by atoms with Crippen LogP contribution in [0.1, 0.15) is 42.5 Å². The molecule has 0 saturated carbocycles. The summed E-state index contributed by atoms with van der Waals surface area (Å²) in [5.74, 6) is -0.711. The number of hydrogen-bond donors (Lipinski definition) is 3. The predicted molar refractivity (Wildman–Crippen MR) is 104 cm³/mol. The van der Waals surface area contributed by atoms with Crippen molar-refractivity contribution < 1.29 is 14.3 Å². The average molecular weight is 383 g/mol. The molecule has 2 aliphatic heterocycles. The van der Waals surface area contributed by atoms with Gasteiger partial charge in [-0.2, -0.15) is 0 Å². The van der Waals surface area contributed by atoms with Gasteiger partial charge in [0.25, 0.3) is 5.91 Å². The van der Waals surface area contributed by atoms with Crippen LogP contribution in [0.5, 0.6) is 0 Å². The van der Waals surface area contributed by atoms with Gasteiger partial charge < -0.3 is 26.4 Å². The first-order valence-corrected chi connectivity index (χ1v) is 8.93. The maximum absolute atomic E-state index is 12.6. The Morgan fingerprint density at radius 1 is 1.19 bits per heavy atom. The number of anilines is 2. The van der Waals surface area contributed by atoms with Gasteiger partial charge >= 0.3 is 0 Å². The number of hydrogen-bond acceptors (Lipinski definition) is 5. The van der Waals surface area contributed by atoms with Gasteiger partial charge in [0.2, 0.25) is 5.91 Å². The van der Waals surface area contributed by atoms with Gasteiger partial charge in [-0.1, -0.05) is 0 Å². The summed E-state index contributed by atoms with van der Waals surface area (Å²) in [5.41, 5.74) is 12.9. The van der Waals surface area contributed by atoms with E-state index >= 15 is 0 Å². The molecule has 2 atom stereocenters. The molecule has 1 aromatic rings. The molecule has 3 rings (SSSR count). The van der Waals surface area contributed by atoms with Gasteiger partial charge in [0.1, 0.15) is 6.10 Å². The summed E-state index contributed by atoms with van der Waals surface area (Å²) in [6.45, 7) is 2.29. The Balaban J connectivity index is 0.00000243. The highest BCUT2D eigenvalue weighted by atomic mass is 35.5. The van der Waals surface area contributed by atoms with E-state index in [0.717, 1.165) is 38.0 Å². The molecular formula is C18H27ClN4O3. The second kappa shape index (κ2) is 9.21. The molecule has 0 unspecified atom stereocenters. The van der Waals surface area contributed by atoms with Gasteiger partial charge in [-0.15, -0.1) is 12.4 Å². The summed E-state index contributed by atoms with van der Waals surface area (Å²) in [6.07, 6.45) is 4.34. The standard InChI is InChI=1S/C18H26N4O3.ClH/c19-11-13-5-7-16(25-13)18(24)21-14-10-12(17(20)23)4-6-15(14)22-8-2-1-3-9-22;/h4,6,10,13,16H,1-3,5,7-9,11,19H2,(H2,20,23)(H,21,24);1H/t13-,16+;/m1./s1. The molecule has 0 aliphatic carbocycles. The highest BCUT2D eigenvalue weighted by molar-refractivity contribution is 6.00. The highest BCUT2D eigenvalue weighted by Gasteiger charge is 2.30. The molecule has 2 amide bonds. The Morgan fingerprint density at radius 2 is 1.92 bits per heavy atom. The molecule has 2 fully saturated rings. The molecule has 1 aromatic carbocycles. The third-order valence-electron chi connectivity index (χ3n) is 4.90. The summed E-state index contributed by atoms with van der Waals surface area (Å²) in [5, 5.41) is 2.94. The summed E-state index contributed by atoms with van der Waals surface area (Å²) in [4.78, 5) is 26.3. The Labute approximate surface area is 159 Å². The van der Waals surface area contributed by atoms with E-state index < -0.39 is 12.0 Å². The van der Waals surface area contributed by atoms with E-state index in [-0.39, 0.29) is 24.4 Å². The zero-order valence-electron chi connectivity index (χ0n) is 14.8. The number of rotatable bonds is 5. The number of nitrogens with one attached hydrogen (secondary N) is 1. The number of nitrogens with zero attached hydrogens (tertiary/aromatic N) is 1. The number of carbonyl (C=O) groups is 2. The largest absolute Gasteiger partial charge is 0.370 e. The second-order valence-corrected chi connectivity index (χ2v) is 6.69. The van der Waals surface area contributed by atoms with Crippen LogP contribution in [0.15, 0.2) is 18.2 Å². The van der Waals surface area contributed by atoms with Crippen molar-refractivity contribution >= 4 is 35.6 Å². The zero-order chi connectivity index (χ0) is 17.8. The van der Waals surface area contributed by atoms with Crippen LogP contribution in [0.3, 0.4) is 0 Å². The molecule has 0 spiro atoms.